The van der Waals surface area contributed by atoms with E-state index in [9.17, 15) is 14.4 Å². The van der Waals surface area contributed by atoms with Gasteiger partial charge in [-0.1, -0.05) is 0 Å². The third kappa shape index (κ3) is 2.08. The number of carbonyl (C=O) groups is 1. The number of aryl methyl sites for hydroxylation is 1. The van der Waals surface area contributed by atoms with Crippen molar-refractivity contribution in [3.05, 3.63) is 32.6 Å². The number of hydrogen-bond acceptors (Lipinski definition) is 4. The lowest BCUT2D eigenvalue weighted by Gasteiger charge is -2.25. The van der Waals surface area contributed by atoms with E-state index in [1.54, 1.807) is 11.6 Å². The van der Waals surface area contributed by atoms with Crippen LogP contribution in [0.15, 0.2) is 15.7 Å². The number of aromatic nitrogens is 3. The highest BCUT2D eigenvalue weighted by Crippen LogP contribution is 2.24. The van der Waals surface area contributed by atoms with Gasteiger partial charge in [-0.3, -0.25) is 13.9 Å². The monoisotopic (exact) mass is 325 g/mol. The number of cyclic esters (lactones) is 1. The molecule has 0 fully saturated rings. The first-order chi connectivity index (χ1) is 10.5. The molecule has 1 aliphatic heterocycles. The third-order valence-electron chi connectivity index (χ3n) is 4.02. The SMILES string of the molecule is Cn1c(=O)c2cc3n(c2n(C)c1=O)CC(CCCCl)OC3=O. The van der Waals surface area contributed by atoms with Gasteiger partial charge < -0.3 is 9.30 Å². The Morgan fingerprint density at radius 3 is 2.68 bits per heavy atom. The van der Waals surface area contributed by atoms with Crippen molar-refractivity contribution < 1.29 is 9.53 Å². The molecule has 0 spiro atoms. The van der Waals surface area contributed by atoms with Gasteiger partial charge in [0, 0.05) is 20.0 Å². The fourth-order valence-electron chi connectivity index (χ4n) is 2.90. The molecular formula is C14H16ClN3O4. The second-order valence-corrected chi connectivity index (χ2v) is 5.82. The lowest BCUT2D eigenvalue weighted by Crippen LogP contribution is -2.38. The van der Waals surface area contributed by atoms with Gasteiger partial charge >= 0.3 is 11.7 Å². The molecular weight excluding hydrogens is 310 g/mol. The van der Waals surface area contributed by atoms with Crippen molar-refractivity contribution in [2.45, 2.75) is 25.5 Å². The molecule has 0 saturated heterocycles. The van der Waals surface area contributed by atoms with Gasteiger partial charge in [0.15, 0.2) is 0 Å². The van der Waals surface area contributed by atoms with Crippen molar-refractivity contribution in [3.63, 3.8) is 0 Å². The smallest absolute Gasteiger partial charge is 0.355 e. The minimum atomic E-state index is -0.475. The number of hydrogen-bond donors (Lipinski definition) is 0. The van der Waals surface area contributed by atoms with Crippen LogP contribution in [0.1, 0.15) is 23.3 Å². The van der Waals surface area contributed by atoms with Crippen LogP contribution in [0, 0.1) is 0 Å². The summed E-state index contributed by atoms with van der Waals surface area (Å²) < 4.78 is 9.49. The Balaban J connectivity index is 2.23. The molecule has 0 radical (unpaired) electrons. The molecule has 1 unspecified atom stereocenters. The standard InChI is InChI=1S/C14H16ClN3O4/c1-16-11-9(12(19)17(2)14(16)21)6-10-13(20)22-8(4-3-5-15)7-18(10)11/h6,8H,3-5,7H2,1-2H3. The molecule has 8 heteroatoms. The van der Waals surface area contributed by atoms with Gasteiger partial charge in [-0.15, -0.1) is 11.6 Å². The van der Waals surface area contributed by atoms with Crippen LogP contribution in [-0.4, -0.2) is 31.7 Å². The van der Waals surface area contributed by atoms with Gasteiger partial charge in [-0.05, 0) is 18.9 Å². The van der Waals surface area contributed by atoms with E-state index in [4.69, 9.17) is 16.3 Å². The van der Waals surface area contributed by atoms with Crippen molar-refractivity contribution in [1.82, 2.24) is 13.7 Å². The van der Waals surface area contributed by atoms with Crippen LogP contribution in [0.25, 0.3) is 11.0 Å². The van der Waals surface area contributed by atoms with E-state index >= 15 is 0 Å². The minimum absolute atomic E-state index is 0.298. The molecule has 0 N–H and O–H groups in total. The molecule has 0 saturated carbocycles. The summed E-state index contributed by atoms with van der Waals surface area (Å²) in [4.78, 5) is 36.5. The van der Waals surface area contributed by atoms with Crippen LogP contribution < -0.4 is 11.2 Å². The van der Waals surface area contributed by atoms with Crippen LogP contribution in [0.4, 0.5) is 0 Å². The number of ether oxygens (including phenoxy) is 1. The number of nitrogens with zero attached hydrogens (tertiary/aromatic N) is 3. The predicted molar refractivity (Wildman–Crippen MR) is 81.6 cm³/mol. The number of halogens is 1. The van der Waals surface area contributed by atoms with Crippen molar-refractivity contribution >= 4 is 28.6 Å². The summed E-state index contributed by atoms with van der Waals surface area (Å²) in [5.41, 5.74) is -0.0780. The van der Waals surface area contributed by atoms with E-state index in [1.807, 2.05) is 0 Å². The second kappa shape index (κ2) is 5.31. The maximum Gasteiger partial charge on any atom is 0.355 e. The van der Waals surface area contributed by atoms with Crippen molar-refractivity contribution in [2.75, 3.05) is 5.88 Å². The molecule has 7 nitrogen and oxygen atoms in total. The van der Waals surface area contributed by atoms with Crippen molar-refractivity contribution in [1.29, 1.82) is 0 Å². The van der Waals surface area contributed by atoms with Gasteiger partial charge in [0.05, 0.1) is 11.9 Å². The minimum Gasteiger partial charge on any atom is -0.456 e. The lowest BCUT2D eigenvalue weighted by atomic mass is 10.2. The molecule has 1 atom stereocenters. The van der Waals surface area contributed by atoms with Gasteiger partial charge in [-0.2, -0.15) is 0 Å². The fraction of sp³-hybridized carbons (Fsp3) is 0.500. The quantitative estimate of drug-likeness (QED) is 0.611. The van der Waals surface area contributed by atoms with E-state index in [0.717, 1.165) is 11.0 Å². The van der Waals surface area contributed by atoms with Crippen LogP contribution >= 0.6 is 11.6 Å². The van der Waals surface area contributed by atoms with E-state index in [-0.39, 0.29) is 6.10 Å². The molecule has 0 amide bonds. The van der Waals surface area contributed by atoms with Crippen LogP contribution in [-0.2, 0) is 25.4 Å². The second-order valence-electron chi connectivity index (χ2n) is 5.44. The predicted octanol–water partition coefficient (Wildman–Crippen LogP) is 0.597. The molecule has 3 rings (SSSR count). The molecule has 2 aromatic rings. The Bertz CT molecular complexity index is 877. The Hall–Kier alpha value is -2.02. The summed E-state index contributed by atoms with van der Waals surface area (Å²) in [7, 11) is 3.01. The number of fused-ring (bicyclic) bond motifs is 3. The lowest BCUT2D eigenvalue weighted by molar-refractivity contribution is 0.0143. The van der Waals surface area contributed by atoms with E-state index in [2.05, 4.69) is 0 Å². The first-order valence-corrected chi connectivity index (χ1v) is 7.55. The molecule has 3 heterocycles. The average molecular weight is 326 g/mol. The molecule has 1 aliphatic rings. The summed E-state index contributed by atoms with van der Waals surface area (Å²) in [5.74, 6) is 0.0170. The number of esters is 1. The maximum absolute atomic E-state index is 12.2. The first kappa shape index (κ1) is 14.9. The van der Waals surface area contributed by atoms with Crippen LogP contribution in [0.2, 0.25) is 0 Å². The topological polar surface area (TPSA) is 75.2 Å². The van der Waals surface area contributed by atoms with Gasteiger partial charge in [0.2, 0.25) is 0 Å². The number of alkyl halides is 1. The highest BCUT2D eigenvalue weighted by Gasteiger charge is 2.30. The zero-order valence-electron chi connectivity index (χ0n) is 12.3. The zero-order chi connectivity index (χ0) is 16.0. The average Bonchev–Trinajstić information content (AvgIpc) is 2.89. The highest BCUT2D eigenvalue weighted by molar-refractivity contribution is 6.17. The van der Waals surface area contributed by atoms with E-state index < -0.39 is 17.2 Å². The van der Waals surface area contributed by atoms with Crippen LogP contribution in [0.3, 0.4) is 0 Å². The van der Waals surface area contributed by atoms with Gasteiger partial charge in [0.25, 0.3) is 5.56 Å². The van der Waals surface area contributed by atoms with Crippen molar-refractivity contribution in [2.24, 2.45) is 14.1 Å². The van der Waals surface area contributed by atoms with Crippen LogP contribution in [0.5, 0.6) is 0 Å². The highest BCUT2D eigenvalue weighted by atomic mass is 35.5. The Kier molecular flexibility index (Phi) is 3.60. The Morgan fingerprint density at radius 2 is 2.00 bits per heavy atom. The first-order valence-electron chi connectivity index (χ1n) is 7.02. The normalized spacial score (nSPS) is 17.6. The maximum atomic E-state index is 12.2. The summed E-state index contributed by atoms with van der Waals surface area (Å²) in [5, 5.41) is 0.342. The Morgan fingerprint density at radius 1 is 1.27 bits per heavy atom. The number of carbonyl (C=O) groups excluding carboxylic acids is 1. The summed E-state index contributed by atoms with van der Waals surface area (Å²) in [6.45, 7) is 0.419. The van der Waals surface area contributed by atoms with Gasteiger partial charge in [-0.25, -0.2) is 9.59 Å². The molecule has 0 aromatic carbocycles. The third-order valence-corrected chi connectivity index (χ3v) is 4.29. The molecule has 0 bridgehead atoms. The largest absolute Gasteiger partial charge is 0.456 e. The van der Waals surface area contributed by atoms with E-state index in [0.29, 0.717) is 35.6 Å². The molecule has 118 valence electrons. The van der Waals surface area contributed by atoms with Gasteiger partial charge in [0.1, 0.15) is 17.4 Å². The fourth-order valence-corrected chi connectivity index (χ4v) is 3.06. The zero-order valence-corrected chi connectivity index (χ0v) is 13.1. The summed E-state index contributed by atoms with van der Waals surface area (Å²) in [6.07, 6.45) is 1.08. The Labute approximate surface area is 130 Å². The van der Waals surface area contributed by atoms with E-state index in [1.165, 1.54) is 17.7 Å². The molecule has 2 aromatic heterocycles. The molecule has 0 aliphatic carbocycles. The number of rotatable bonds is 3. The summed E-state index contributed by atoms with van der Waals surface area (Å²) >= 11 is 5.68. The molecule has 22 heavy (non-hydrogen) atoms. The summed E-state index contributed by atoms with van der Waals surface area (Å²) in [6, 6.07) is 1.50. The van der Waals surface area contributed by atoms with Crippen molar-refractivity contribution in [3.8, 4) is 0 Å².